The maximum atomic E-state index is 13.8. The lowest BCUT2D eigenvalue weighted by atomic mass is 10.0. The molecule has 8 heteroatoms. The Labute approximate surface area is 192 Å². The smallest absolute Gasteiger partial charge is 0.410 e. The fraction of sp³-hybridized carbons (Fsp3) is 0.400. The molecule has 0 aliphatic carbocycles. The molecule has 1 amide bonds. The molecule has 0 N–H and O–H groups in total. The third-order valence-corrected chi connectivity index (χ3v) is 5.81. The predicted molar refractivity (Wildman–Crippen MR) is 121 cm³/mol. The number of aromatic nitrogens is 2. The second kappa shape index (κ2) is 10.5. The number of carbonyl (C=O) groups excluding carboxylic acids is 2. The zero-order valence-corrected chi connectivity index (χ0v) is 18.8. The Kier molecular flexibility index (Phi) is 7.22. The third-order valence-electron chi connectivity index (χ3n) is 5.81. The highest BCUT2D eigenvalue weighted by atomic mass is 19.1. The largest absolute Gasteiger partial charge is 0.466 e. The zero-order valence-electron chi connectivity index (χ0n) is 18.8. The molecular formula is C25H28FN3O4. The molecule has 0 fully saturated rings. The molecule has 1 aliphatic rings. The Morgan fingerprint density at radius 1 is 1.15 bits per heavy atom. The van der Waals surface area contributed by atoms with Gasteiger partial charge in [0.25, 0.3) is 0 Å². The summed E-state index contributed by atoms with van der Waals surface area (Å²) < 4.78 is 26.2. The van der Waals surface area contributed by atoms with Crippen molar-refractivity contribution >= 4 is 23.1 Å². The van der Waals surface area contributed by atoms with Gasteiger partial charge in [-0.3, -0.25) is 4.79 Å². The lowest BCUT2D eigenvalue weighted by molar-refractivity contribution is -0.143. The summed E-state index contributed by atoms with van der Waals surface area (Å²) in [6, 6.07) is 10.5. The summed E-state index contributed by atoms with van der Waals surface area (Å²) in [5, 5.41) is 1.07. The van der Waals surface area contributed by atoms with Crippen molar-refractivity contribution in [2.45, 2.75) is 45.7 Å². The molecular weight excluding hydrogens is 425 g/mol. The number of carbonyl (C=O) groups is 2. The van der Waals surface area contributed by atoms with Crippen LogP contribution in [0.25, 0.3) is 11.0 Å². The van der Waals surface area contributed by atoms with Gasteiger partial charge < -0.3 is 18.9 Å². The molecule has 0 unspecified atom stereocenters. The van der Waals surface area contributed by atoms with Crippen molar-refractivity contribution in [3.63, 3.8) is 0 Å². The van der Waals surface area contributed by atoms with Gasteiger partial charge >= 0.3 is 12.1 Å². The number of benzene rings is 1. The number of nitrogens with zero attached hydrogens (tertiary/aromatic N) is 3. The first-order valence-corrected chi connectivity index (χ1v) is 11.3. The van der Waals surface area contributed by atoms with Crippen LogP contribution in [-0.2, 0) is 33.8 Å². The second-order valence-corrected chi connectivity index (χ2v) is 8.06. The van der Waals surface area contributed by atoms with E-state index in [4.69, 9.17) is 9.47 Å². The van der Waals surface area contributed by atoms with Crippen LogP contribution in [0.2, 0.25) is 0 Å². The number of amides is 1. The lowest BCUT2D eigenvalue weighted by Crippen LogP contribution is -2.37. The normalized spacial score (nSPS) is 13.1. The molecule has 0 radical (unpaired) electrons. The first-order chi connectivity index (χ1) is 16.1. The maximum Gasteiger partial charge on any atom is 0.410 e. The number of pyridine rings is 1. The molecule has 1 aromatic carbocycles. The van der Waals surface area contributed by atoms with Gasteiger partial charge in [0, 0.05) is 36.8 Å². The van der Waals surface area contributed by atoms with E-state index >= 15 is 0 Å². The van der Waals surface area contributed by atoms with Crippen LogP contribution in [0.3, 0.4) is 0 Å². The summed E-state index contributed by atoms with van der Waals surface area (Å²) in [4.78, 5) is 30.3. The summed E-state index contributed by atoms with van der Waals surface area (Å²) in [6.45, 7) is 3.84. The molecule has 1 aliphatic heterocycles. The van der Waals surface area contributed by atoms with Crippen molar-refractivity contribution in [1.29, 1.82) is 0 Å². The molecule has 174 valence electrons. The summed E-state index contributed by atoms with van der Waals surface area (Å²) in [5.41, 5.74) is 3.84. The average Bonchev–Trinajstić information content (AvgIpc) is 3.12. The van der Waals surface area contributed by atoms with Crippen molar-refractivity contribution in [1.82, 2.24) is 14.5 Å². The number of esters is 1. The number of hydrogen-bond acceptors (Lipinski definition) is 5. The van der Waals surface area contributed by atoms with Crippen molar-refractivity contribution in [2.24, 2.45) is 0 Å². The van der Waals surface area contributed by atoms with E-state index < -0.39 is 0 Å². The Morgan fingerprint density at radius 2 is 2.03 bits per heavy atom. The molecule has 3 heterocycles. The van der Waals surface area contributed by atoms with E-state index in [2.05, 4.69) is 9.55 Å². The summed E-state index contributed by atoms with van der Waals surface area (Å²) in [7, 11) is 0. The standard InChI is InChI=1S/C25H28FN3O4/c1-2-32-23(30)10-3-4-14-33-25(31)28-13-11-20-21-9-6-12-27-24(21)29(22(20)17-28)16-18-7-5-8-19(26)15-18/h5-9,12,15H,2-4,10-11,13-14,16-17H2,1H3. The molecule has 0 spiro atoms. The van der Waals surface area contributed by atoms with E-state index in [1.165, 1.54) is 17.7 Å². The number of hydrogen-bond donors (Lipinski definition) is 0. The van der Waals surface area contributed by atoms with Gasteiger partial charge in [0.1, 0.15) is 11.5 Å². The molecule has 0 saturated carbocycles. The summed E-state index contributed by atoms with van der Waals surface area (Å²) in [5.74, 6) is -0.508. The highest BCUT2D eigenvalue weighted by Crippen LogP contribution is 2.30. The van der Waals surface area contributed by atoms with Crippen LogP contribution in [0.15, 0.2) is 42.6 Å². The average molecular weight is 454 g/mol. The highest BCUT2D eigenvalue weighted by Gasteiger charge is 2.28. The lowest BCUT2D eigenvalue weighted by Gasteiger charge is -2.28. The van der Waals surface area contributed by atoms with Gasteiger partial charge in [-0.1, -0.05) is 12.1 Å². The zero-order chi connectivity index (χ0) is 23.2. The molecule has 0 bridgehead atoms. The summed E-state index contributed by atoms with van der Waals surface area (Å²) >= 11 is 0. The van der Waals surface area contributed by atoms with E-state index in [0.29, 0.717) is 51.9 Å². The Morgan fingerprint density at radius 3 is 2.85 bits per heavy atom. The van der Waals surface area contributed by atoms with Crippen molar-refractivity contribution in [3.05, 3.63) is 65.2 Å². The van der Waals surface area contributed by atoms with Gasteiger partial charge in [-0.25, -0.2) is 14.2 Å². The molecule has 0 atom stereocenters. The first kappa shape index (κ1) is 22.8. The highest BCUT2D eigenvalue weighted by molar-refractivity contribution is 5.83. The van der Waals surface area contributed by atoms with Crippen LogP contribution in [0.5, 0.6) is 0 Å². The van der Waals surface area contributed by atoms with Gasteiger partial charge in [-0.05, 0) is 61.6 Å². The Hall–Kier alpha value is -3.42. The Bertz CT molecular complexity index is 1140. The molecule has 0 saturated heterocycles. The predicted octanol–water partition coefficient (Wildman–Crippen LogP) is 4.45. The number of ether oxygens (including phenoxy) is 2. The number of rotatable bonds is 8. The van der Waals surface area contributed by atoms with Crippen molar-refractivity contribution in [3.8, 4) is 0 Å². The van der Waals surface area contributed by atoms with E-state index in [1.54, 1.807) is 24.1 Å². The minimum atomic E-state index is -0.368. The fourth-order valence-electron chi connectivity index (χ4n) is 4.26. The van der Waals surface area contributed by atoms with E-state index in [9.17, 15) is 14.0 Å². The first-order valence-electron chi connectivity index (χ1n) is 11.3. The second-order valence-electron chi connectivity index (χ2n) is 8.06. The monoisotopic (exact) mass is 453 g/mol. The third kappa shape index (κ3) is 5.32. The number of fused-ring (bicyclic) bond motifs is 3. The fourth-order valence-corrected chi connectivity index (χ4v) is 4.26. The van der Waals surface area contributed by atoms with Crippen LogP contribution >= 0.6 is 0 Å². The van der Waals surface area contributed by atoms with E-state index in [1.807, 2.05) is 18.2 Å². The molecule has 2 aromatic heterocycles. The molecule has 3 aromatic rings. The van der Waals surface area contributed by atoms with E-state index in [0.717, 1.165) is 22.3 Å². The van der Waals surface area contributed by atoms with Crippen molar-refractivity contribution < 1.29 is 23.5 Å². The minimum Gasteiger partial charge on any atom is -0.466 e. The van der Waals surface area contributed by atoms with E-state index in [-0.39, 0.29) is 24.5 Å². The topological polar surface area (TPSA) is 73.7 Å². The SMILES string of the molecule is CCOC(=O)CCCCOC(=O)N1CCc2c(n(Cc3cccc(F)c3)c3ncccc23)C1. The maximum absolute atomic E-state index is 13.8. The van der Waals surface area contributed by atoms with Crippen LogP contribution in [0.1, 0.15) is 43.0 Å². The van der Waals surface area contributed by atoms with Crippen LogP contribution in [0, 0.1) is 5.82 Å². The van der Waals surface area contributed by atoms with Gasteiger partial charge in [0.05, 0.1) is 19.8 Å². The van der Waals surface area contributed by atoms with Crippen molar-refractivity contribution in [2.75, 3.05) is 19.8 Å². The van der Waals surface area contributed by atoms with Gasteiger partial charge in [0.2, 0.25) is 0 Å². The quantitative estimate of drug-likeness (QED) is 0.372. The minimum absolute atomic E-state index is 0.230. The van der Waals surface area contributed by atoms with Gasteiger partial charge in [-0.15, -0.1) is 0 Å². The van der Waals surface area contributed by atoms with Crippen LogP contribution < -0.4 is 0 Å². The van der Waals surface area contributed by atoms with Crippen LogP contribution in [-0.4, -0.2) is 46.3 Å². The Balaban J connectivity index is 1.44. The number of halogens is 1. The molecule has 4 rings (SSSR count). The molecule has 33 heavy (non-hydrogen) atoms. The summed E-state index contributed by atoms with van der Waals surface area (Å²) in [6.07, 6.45) is 3.62. The van der Waals surface area contributed by atoms with Crippen LogP contribution in [0.4, 0.5) is 9.18 Å². The molecule has 7 nitrogen and oxygen atoms in total. The van der Waals surface area contributed by atoms with Gasteiger partial charge in [0.15, 0.2) is 0 Å². The van der Waals surface area contributed by atoms with Gasteiger partial charge in [-0.2, -0.15) is 0 Å². The number of unbranched alkanes of at least 4 members (excludes halogenated alkanes) is 1.